The lowest BCUT2D eigenvalue weighted by molar-refractivity contribution is 0.143. The van der Waals surface area contributed by atoms with Gasteiger partial charge in [-0.25, -0.2) is 9.97 Å². The molecule has 1 rings (SSSR count). The molecular formula is C8H11N3O2S. The molecule has 5 nitrogen and oxygen atoms in total. The van der Waals surface area contributed by atoms with Crippen LogP contribution >= 0.6 is 12.2 Å². The number of ether oxygens (including phenoxy) is 2. The molecule has 76 valence electrons. The molecule has 0 unspecified atom stereocenters. The van der Waals surface area contributed by atoms with Crippen LogP contribution in [0, 0.1) is 0 Å². The van der Waals surface area contributed by atoms with E-state index < -0.39 is 0 Å². The molecule has 0 radical (unpaired) electrons. The van der Waals surface area contributed by atoms with Crippen molar-refractivity contribution in [3.8, 4) is 5.88 Å². The third-order valence-corrected chi connectivity index (χ3v) is 1.62. The van der Waals surface area contributed by atoms with Gasteiger partial charge in [-0.15, -0.1) is 0 Å². The van der Waals surface area contributed by atoms with Crippen LogP contribution in [0.1, 0.15) is 5.69 Å². The SMILES string of the molecule is COCCOc1nccnc1C(N)=S. The Balaban J connectivity index is 2.69. The van der Waals surface area contributed by atoms with E-state index in [1.54, 1.807) is 7.11 Å². The van der Waals surface area contributed by atoms with Gasteiger partial charge in [-0.1, -0.05) is 12.2 Å². The van der Waals surface area contributed by atoms with Gasteiger partial charge in [-0.05, 0) is 0 Å². The minimum absolute atomic E-state index is 0.172. The van der Waals surface area contributed by atoms with E-state index in [0.717, 1.165) is 0 Å². The van der Waals surface area contributed by atoms with Gasteiger partial charge in [-0.2, -0.15) is 0 Å². The standard InChI is InChI=1S/C8H11N3O2S/c1-12-4-5-13-8-6(7(9)14)10-2-3-11-8/h2-3H,4-5H2,1H3,(H2,9,14). The molecule has 14 heavy (non-hydrogen) atoms. The van der Waals surface area contributed by atoms with E-state index in [0.29, 0.717) is 24.8 Å². The highest BCUT2D eigenvalue weighted by Gasteiger charge is 2.08. The van der Waals surface area contributed by atoms with E-state index >= 15 is 0 Å². The summed E-state index contributed by atoms with van der Waals surface area (Å²) in [6.07, 6.45) is 3.03. The molecule has 0 fully saturated rings. The maximum absolute atomic E-state index is 5.44. The summed E-state index contributed by atoms with van der Waals surface area (Å²) in [5.41, 5.74) is 5.84. The molecule has 0 atom stereocenters. The summed E-state index contributed by atoms with van der Waals surface area (Å²) in [4.78, 5) is 8.10. The number of nitrogens with zero attached hydrogens (tertiary/aromatic N) is 2. The fourth-order valence-electron chi connectivity index (χ4n) is 0.822. The lowest BCUT2D eigenvalue weighted by atomic mass is 10.4. The van der Waals surface area contributed by atoms with E-state index in [1.165, 1.54) is 12.4 Å². The molecule has 0 amide bonds. The Labute approximate surface area is 87.3 Å². The quantitative estimate of drug-likeness (QED) is 0.554. The first-order chi connectivity index (χ1) is 6.75. The van der Waals surface area contributed by atoms with Crippen LogP contribution in [-0.2, 0) is 4.74 Å². The molecule has 0 aliphatic carbocycles. The smallest absolute Gasteiger partial charge is 0.243 e. The second kappa shape index (κ2) is 5.46. The zero-order chi connectivity index (χ0) is 10.4. The third kappa shape index (κ3) is 2.90. The fourth-order valence-corrected chi connectivity index (χ4v) is 0.962. The maximum Gasteiger partial charge on any atom is 0.243 e. The molecule has 2 N–H and O–H groups in total. The van der Waals surface area contributed by atoms with Crippen molar-refractivity contribution in [2.24, 2.45) is 5.73 Å². The van der Waals surface area contributed by atoms with Gasteiger partial charge in [0.25, 0.3) is 0 Å². The largest absolute Gasteiger partial charge is 0.474 e. The Bertz CT molecular complexity index is 319. The van der Waals surface area contributed by atoms with E-state index in [-0.39, 0.29) is 4.99 Å². The number of thiocarbonyl (C=S) groups is 1. The van der Waals surface area contributed by atoms with E-state index in [2.05, 4.69) is 9.97 Å². The van der Waals surface area contributed by atoms with E-state index in [9.17, 15) is 0 Å². The second-order valence-electron chi connectivity index (χ2n) is 2.42. The van der Waals surface area contributed by atoms with Gasteiger partial charge in [0.05, 0.1) is 6.61 Å². The van der Waals surface area contributed by atoms with Crippen LogP contribution in [0.2, 0.25) is 0 Å². The molecule has 0 aliphatic rings. The van der Waals surface area contributed by atoms with Gasteiger partial charge in [0.15, 0.2) is 5.69 Å². The van der Waals surface area contributed by atoms with Crippen LogP contribution in [-0.4, -0.2) is 35.3 Å². The molecule has 0 aliphatic heterocycles. The van der Waals surface area contributed by atoms with Gasteiger partial charge in [0.2, 0.25) is 5.88 Å². The number of hydrogen-bond acceptors (Lipinski definition) is 5. The molecule has 1 aromatic rings. The van der Waals surface area contributed by atoms with Crippen LogP contribution in [0.25, 0.3) is 0 Å². The summed E-state index contributed by atoms with van der Waals surface area (Å²) in [5.74, 6) is 0.344. The predicted octanol–water partition coefficient (Wildman–Crippen LogP) is 0.136. The summed E-state index contributed by atoms with van der Waals surface area (Å²) in [7, 11) is 1.59. The highest BCUT2D eigenvalue weighted by Crippen LogP contribution is 2.10. The molecular weight excluding hydrogens is 202 g/mol. The van der Waals surface area contributed by atoms with E-state index in [4.69, 9.17) is 27.4 Å². The minimum atomic E-state index is 0.172. The van der Waals surface area contributed by atoms with Crippen molar-refractivity contribution in [2.45, 2.75) is 0 Å². The van der Waals surface area contributed by atoms with Gasteiger partial charge >= 0.3 is 0 Å². The first-order valence-corrected chi connectivity index (χ1v) is 4.39. The van der Waals surface area contributed by atoms with Crippen LogP contribution < -0.4 is 10.5 Å². The number of aromatic nitrogens is 2. The zero-order valence-electron chi connectivity index (χ0n) is 7.77. The Hall–Kier alpha value is -1.27. The summed E-state index contributed by atoms with van der Waals surface area (Å²) in [5, 5.41) is 0. The first-order valence-electron chi connectivity index (χ1n) is 3.98. The molecule has 0 spiro atoms. The van der Waals surface area contributed by atoms with E-state index in [1.807, 2.05) is 0 Å². The van der Waals surface area contributed by atoms with Gasteiger partial charge in [0, 0.05) is 19.5 Å². The zero-order valence-corrected chi connectivity index (χ0v) is 8.58. The Morgan fingerprint density at radius 3 is 2.79 bits per heavy atom. The van der Waals surface area contributed by atoms with Crippen molar-refractivity contribution < 1.29 is 9.47 Å². The van der Waals surface area contributed by atoms with Crippen LogP contribution in [0.3, 0.4) is 0 Å². The summed E-state index contributed by atoms with van der Waals surface area (Å²) in [6, 6.07) is 0. The van der Waals surface area contributed by atoms with Gasteiger partial charge in [0.1, 0.15) is 11.6 Å². The van der Waals surface area contributed by atoms with Gasteiger partial charge in [-0.3, -0.25) is 0 Å². The third-order valence-electron chi connectivity index (χ3n) is 1.42. The van der Waals surface area contributed by atoms with Crippen molar-refractivity contribution >= 4 is 17.2 Å². The average Bonchev–Trinajstić information content (AvgIpc) is 2.19. The molecule has 1 heterocycles. The number of hydrogen-bond donors (Lipinski definition) is 1. The maximum atomic E-state index is 5.44. The minimum Gasteiger partial charge on any atom is -0.474 e. The normalized spacial score (nSPS) is 9.79. The van der Waals surface area contributed by atoms with Crippen molar-refractivity contribution in [3.63, 3.8) is 0 Å². The Morgan fingerprint density at radius 1 is 1.43 bits per heavy atom. The van der Waals surface area contributed by atoms with Crippen LogP contribution in [0.15, 0.2) is 12.4 Å². The van der Waals surface area contributed by atoms with Crippen LogP contribution in [0.5, 0.6) is 5.88 Å². The molecule has 0 bridgehead atoms. The Kier molecular flexibility index (Phi) is 4.21. The molecule has 0 saturated carbocycles. The lowest BCUT2D eigenvalue weighted by Crippen LogP contribution is -2.16. The van der Waals surface area contributed by atoms with Crippen LogP contribution in [0.4, 0.5) is 0 Å². The fraction of sp³-hybridized carbons (Fsp3) is 0.375. The topological polar surface area (TPSA) is 70.3 Å². The highest BCUT2D eigenvalue weighted by molar-refractivity contribution is 7.80. The predicted molar refractivity (Wildman–Crippen MR) is 55.3 cm³/mol. The first kappa shape index (κ1) is 10.8. The molecule has 6 heteroatoms. The second-order valence-corrected chi connectivity index (χ2v) is 2.86. The molecule has 0 saturated heterocycles. The van der Waals surface area contributed by atoms with Crippen molar-refractivity contribution in [1.82, 2.24) is 9.97 Å². The number of methoxy groups -OCH3 is 1. The molecule has 1 aromatic heterocycles. The van der Waals surface area contributed by atoms with Crippen molar-refractivity contribution in [3.05, 3.63) is 18.1 Å². The lowest BCUT2D eigenvalue weighted by Gasteiger charge is -2.06. The number of rotatable bonds is 5. The molecule has 0 aromatic carbocycles. The van der Waals surface area contributed by atoms with Crippen molar-refractivity contribution in [1.29, 1.82) is 0 Å². The number of nitrogens with two attached hydrogens (primary N) is 1. The summed E-state index contributed by atoms with van der Waals surface area (Å²) in [6.45, 7) is 0.873. The van der Waals surface area contributed by atoms with Crippen molar-refractivity contribution in [2.75, 3.05) is 20.3 Å². The Morgan fingerprint density at radius 2 is 2.14 bits per heavy atom. The average molecular weight is 213 g/mol. The summed E-state index contributed by atoms with van der Waals surface area (Å²) < 4.78 is 10.1. The summed E-state index contributed by atoms with van der Waals surface area (Å²) >= 11 is 4.79. The highest BCUT2D eigenvalue weighted by atomic mass is 32.1. The van der Waals surface area contributed by atoms with Gasteiger partial charge < -0.3 is 15.2 Å². The monoisotopic (exact) mass is 213 g/mol.